The average Bonchev–Trinajstić information content (AvgIpc) is 2.94. The van der Waals surface area contributed by atoms with Gasteiger partial charge in [-0.15, -0.1) is 0 Å². The monoisotopic (exact) mass is 539 g/mol. The van der Waals surface area contributed by atoms with E-state index in [2.05, 4.69) is 37.6 Å². The van der Waals surface area contributed by atoms with Crippen LogP contribution in [0.3, 0.4) is 0 Å². The Bertz CT molecular complexity index is 936. The van der Waals surface area contributed by atoms with Crippen LogP contribution >= 0.6 is 0 Å². The maximum absolute atomic E-state index is 6.29. The minimum atomic E-state index is -0.137. The Morgan fingerprint density at radius 2 is 1.52 bits per heavy atom. The van der Waals surface area contributed by atoms with E-state index in [1.165, 1.54) is 0 Å². The smallest absolute Gasteiger partial charge is 0.375 e. The lowest BCUT2D eigenvalue weighted by atomic mass is 9.96. The van der Waals surface area contributed by atoms with Crippen molar-refractivity contribution < 1.29 is 47.5 Å². The average molecular weight is 539 g/mol. The van der Waals surface area contributed by atoms with Crippen molar-refractivity contribution in [1.82, 2.24) is 0 Å². The molecule has 5 nitrogen and oxygen atoms in total. The lowest BCUT2D eigenvalue weighted by molar-refractivity contribution is -0.562. The van der Waals surface area contributed by atoms with Crippen LogP contribution in [0, 0.1) is 0 Å². The quantitative estimate of drug-likeness (QED) is 0.400. The van der Waals surface area contributed by atoms with Gasteiger partial charge in [0.15, 0.2) is 23.6 Å². The molecule has 0 N–H and O–H groups in total. The highest BCUT2D eigenvalue weighted by atomic mass is 127. The van der Waals surface area contributed by atoms with Gasteiger partial charge < -0.3 is 42.9 Å². The van der Waals surface area contributed by atoms with Gasteiger partial charge in [-0.2, -0.15) is 4.58 Å². The first-order valence-corrected chi connectivity index (χ1v) is 10.5. The summed E-state index contributed by atoms with van der Waals surface area (Å²) in [7, 11) is 3.72. The Morgan fingerprint density at radius 1 is 0.935 bits per heavy atom. The molecular formula is C25H34INO4. The number of rotatable bonds is 7. The normalized spacial score (nSPS) is 15.0. The van der Waals surface area contributed by atoms with Crippen molar-refractivity contribution in [2.45, 2.75) is 59.3 Å². The van der Waals surface area contributed by atoms with E-state index < -0.39 is 0 Å². The first kappa shape index (κ1) is 25.3. The summed E-state index contributed by atoms with van der Waals surface area (Å²) < 4.78 is 26.8. The third kappa shape index (κ3) is 5.27. The molecule has 0 spiro atoms. The summed E-state index contributed by atoms with van der Waals surface area (Å²) in [6.45, 7) is 13.0. The number of benzene rings is 2. The van der Waals surface area contributed by atoms with E-state index >= 15 is 0 Å². The van der Waals surface area contributed by atoms with E-state index in [9.17, 15) is 0 Å². The molecule has 0 saturated carbocycles. The number of ether oxygens (including phenoxy) is 4. The molecular weight excluding hydrogens is 505 g/mol. The van der Waals surface area contributed by atoms with Crippen molar-refractivity contribution in [3.05, 3.63) is 42.0 Å². The Morgan fingerprint density at radius 3 is 2.00 bits per heavy atom. The standard InChI is InChI=1S/C25H34NO4.HI/c1-16(2)29-19-14-20(30-17(3)4)23(27-8)22(21(19)18-12-10-9-11-13-18)24-26(7)25(5,6)15-28-24;/h9-14,16-17H,15H2,1-8H3;1H/q+1;/p-1. The van der Waals surface area contributed by atoms with Crippen LogP contribution in [-0.4, -0.2) is 49.0 Å². The highest BCUT2D eigenvalue weighted by Gasteiger charge is 2.44. The van der Waals surface area contributed by atoms with Gasteiger partial charge in [-0.3, -0.25) is 0 Å². The highest BCUT2D eigenvalue weighted by Crippen LogP contribution is 2.46. The van der Waals surface area contributed by atoms with E-state index in [0.29, 0.717) is 18.1 Å². The molecule has 0 aliphatic carbocycles. The fourth-order valence-electron chi connectivity index (χ4n) is 3.56. The summed E-state index contributed by atoms with van der Waals surface area (Å²) in [6.07, 6.45) is -0.00540. The lowest BCUT2D eigenvalue weighted by Crippen LogP contribution is -3.00. The fraction of sp³-hybridized carbons (Fsp3) is 0.480. The minimum absolute atomic E-state index is 0. The Balaban J connectivity index is 0.00000341. The molecule has 1 aliphatic heterocycles. The molecule has 0 unspecified atom stereocenters. The molecule has 6 heteroatoms. The van der Waals surface area contributed by atoms with Crippen molar-refractivity contribution in [3.63, 3.8) is 0 Å². The summed E-state index contributed by atoms with van der Waals surface area (Å²) in [6, 6.07) is 12.2. The second-order valence-corrected chi connectivity index (χ2v) is 8.82. The maximum Gasteiger partial charge on any atom is 0.375 e. The predicted octanol–water partition coefficient (Wildman–Crippen LogP) is 2.14. The van der Waals surface area contributed by atoms with Gasteiger partial charge in [-0.1, -0.05) is 30.3 Å². The maximum atomic E-state index is 6.29. The molecule has 1 heterocycles. The zero-order chi connectivity index (χ0) is 22.1. The number of hydrogen-bond donors (Lipinski definition) is 0. The molecule has 170 valence electrons. The van der Waals surface area contributed by atoms with E-state index in [4.69, 9.17) is 18.9 Å². The van der Waals surface area contributed by atoms with Crippen molar-refractivity contribution in [3.8, 4) is 28.4 Å². The molecule has 1 aliphatic rings. The topological polar surface area (TPSA) is 39.9 Å². The van der Waals surface area contributed by atoms with Gasteiger partial charge in [0, 0.05) is 25.5 Å². The van der Waals surface area contributed by atoms with Crippen molar-refractivity contribution in [2.75, 3.05) is 20.8 Å². The number of likely N-dealkylation sites (N-methyl/N-ethyl adjacent to an activating group) is 1. The van der Waals surface area contributed by atoms with Gasteiger partial charge in [0.2, 0.25) is 0 Å². The third-order valence-electron chi connectivity index (χ3n) is 5.19. The van der Waals surface area contributed by atoms with Gasteiger partial charge in [0.1, 0.15) is 18.4 Å². The Hall–Kier alpha value is -1.96. The van der Waals surface area contributed by atoms with Crippen LogP contribution in [0.1, 0.15) is 47.1 Å². The van der Waals surface area contributed by atoms with Crippen LogP contribution in [-0.2, 0) is 4.74 Å². The lowest BCUT2D eigenvalue weighted by Gasteiger charge is -2.22. The largest absolute Gasteiger partial charge is 1.00 e. The van der Waals surface area contributed by atoms with E-state index in [1.54, 1.807) is 7.11 Å². The van der Waals surface area contributed by atoms with E-state index in [0.717, 1.165) is 28.3 Å². The summed E-state index contributed by atoms with van der Waals surface area (Å²) in [4.78, 5) is 0. The van der Waals surface area contributed by atoms with Gasteiger partial charge in [0.25, 0.3) is 0 Å². The molecule has 2 aromatic rings. The summed E-state index contributed by atoms with van der Waals surface area (Å²) in [5.41, 5.74) is 2.69. The first-order chi connectivity index (χ1) is 14.2. The molecule has 0 amide bonds. The van der Waals surface area contributed by atoms with Crippen molar-refractivity contribution >= 4 is 5.90 Å². The Labute approximate surface area is 203 Å². The van der Waals surface area contributed by atoms with Crippen LogP contribution in [0.4, 0.5) is 0 Å². The first-order valence-electron chi connectivity index (χ1n) is 10.5. The molecule has 0 aromatic heterocycles. The zero-order valence-electron chi connectivity index (χ0n) is 19.8. The summed E-state index contributed by atoms with van der Waals surface area (Å²) in [5, 5.41) is 0. The van der Waals surface area contributed by atoms with E-state index in [-0.39, 0.29) is 41.7 Å². The van der Waals surface area contributed by atoms with Gasteiger partial charge in [0.05, 0.1) is 19.3 Å². The second kappa shape index (κ2) is 10.1. The number of nitrogens with zero attached hydrogens (tertiary/aromatic N) is 1. The number of hydrogen-bond acceptors (Lipinski definition) is 4. The van der Waals surface area contributed by atoms with Crippen LogP contribution in [0.15, 0.2) is 36.4 Å². The van der Waals surface area contributed by atoms with Crippen LogP contribution in [0.5, 0.6) is 17.2 Å². The fourth-order valence-corrected chi connectivity index (χ4v) is 3.56. The van der Waals surface area contributed by atoms with Crippen molar-refractivity contribution in [2.24, 2.45) is 0 Å². The van der Waals surface area contributed by atoms with Crippen LogP contribution < -0.4 is 38.2 Å². The third-order valence-corrected chi connectivity index (χ3v) is 5.19. The minimum Gasteiger partial charge on any atom is -1.00 e. The predicted molar refractivity (Wildman–Crippen MR) is 120 cm³/mol. The molecule has 0 fully saturated rings. The van der Waals surface area contributed by atoms with Crippen LogP contribution in [0.2, 0.25) is 0 Å². The van der Waals surface area contributed by atoms with Gasteiger partial charge >= 0.3 is 5.90 Å². The SMILES string of the molecule is COc1c(OC(C)C)cc(OC(C)C)c(-c2ccccc2)c1C1=[N+](C)C(C)(C)CO1.[I-]. The molecule has 0 radical (unpaired) electrons. The number of halogens is 1. The van der Waals surface area contributed by atoms with Crippen LogP contribution in [0.25, 0.3) is 11.1 Å². The molecule has 0 saturated heterocycles. The summed E-state index contributed by atoms with van der Waals surface area (Å²) >= 11 is 0. The molecule has 0 bridgehead atoms. The van der Waals surface area contributed by atoms with E-state index in [1.807, 2.05) is 52.0 Å². The zero-order valence-corrected chi connectivity index (χ0v) is 21.9. The second-order valence-electron chi connectivity index (χ2n) is 8.82. The van der Waals surface area contributed by atoms with Crippen molar-refractivity contribution in [1.29, 1.82) is 0 Å². The number of methoxy groups -OCH3 is 1. The highest BCUT2D eigenvalue weighted by molar-refractivity contribution is 6.04. The molecule has 31 heavy (non-hydrogen) atoms. The van der Waals surface area contributed by atoms with Gasteiger partial charge in [-0.05, 0) is 33.3 Å². The van der Waals surface area contributed by atoms with Gasteiger partial charge in [-0.25, -0.2) is 0 Å². The molecule has 3 rings (SSSR count). The Kier molecular flexibility index (Phi) is 8.25. The molecule has 0 atom stereocenters. The summed E-state index contributed by atoms with van der Waals surface area (Å²) in [5.74, 6) is 2.81. The molecule has 2 aromatic carbocycles.